The second-order valence-electron chi connectivity index (χ2n) is 5.84. The molecule has 2 rings (SSSR count). The minimum Gasteiger partial charge on any atom is -0.494 e. The van der Waals surface area contributed by atoms with Crippen LogP contribution in [0.3, 0.4) is 0 Å². The van der Waals surface area contributed by atoms with E-state index >= 15 is 0 Å². The van der Waals surface area contributed by atoms with E-state index in [1.54, 1.807) is 18.2 Å². The molecule has 0 saturated heterocycles. The number of benzene rings is 2. The van der Waals surface area contributed by atoms with Gasteiger partial charge in [-0.3, -0.25) is 4.79 Å². The van der Waals surface area contributed by atoms with Crippen LogP contribution in [0.2, 0.25) is 0 Å². The summed E-state index contributed by atoms with van der Waals surface area (Å²) in [5.74, 6) is 0.266. The quantitative estimate of drug-likeness (QED) is 0.613. The monoisotopic (exact) mass is 341 g/mol. The number of anilines is 1. The van der Waals surface area contributed by atoms with Crippen LogP contribution in [0.5, 0.6) is 5.75 Å². The van der Waals surface area contributed by atoms with Crippen molar-refractivity contribution in [1.29, 1.82) is 0 Å². The van der Waals surface area contributed by atoms with Gasteiger partial charge in [-0.15, -0.1) is 0 Å². The van der Waals surface area contributed by atoms with Crippen molar-refractivity contribution in [2.24, 2.45) is 0 Å². The van der Waals surface area contributed by atoms with Crippen LogP contribution in [0.15, 0.2) is 42.5 Å². The molecule has 25 heavy (non-hydrogen) atoms. The van der Waals surface area contributed by atoms with E-state index < -0.39 is 5.97 Å². The molecular formula is C20H23NO4. The lowest BCUT2D eigenvalue weighted by Crippen LogP contribution is -2.14. The Bertz CT molecular complexity index is 755. The average molecular weight is 341 g/mol. The van der Waals surface area contributed by atoms with Gasteiger partial charge < -0.3 is 14.8 Å². The maximum atomic E-state index is 12.1. The predicted molar refractivity (Wildman–Crippen MR) is 97.1 cm³/mol. The zero-order valence-corrected chi connectivity index (χ0v) is 14.8. The first kappa shape index (κ1) is 18.5. The molecule has 5 nitrogen and oxygen atoms in total. The van der Waals surface area contributed by atoms with Crippen molar-refractivity contribution in [2.75, 3.05) is 19.0 Å². The standard InChI is InChI=1S/C20H23NO4/c1-14-6-4-7-17(12-14)25-11-5-8-19(22)21-18-13-16(20(23)24-3)10-9-15(18)2/h4,6-7,9-10,12-13H,5,8,11H2,1-3H3,(H,21,22). The molecule has 2 aromatic rings. The maximum absolute atomic E-state index is 12.1. The number of methoxy groups -OCH3 is 1. The second-order valence-corrected chi connectivity index (χ2v) is 5.84. The Morgan fingerprint density at radius 3 is 2.60 bits per heavy atom. The third-order valence-corrected chi connectivity index (χ3v) is 3.74. The Hall–Kier alpha value is -2.82. The third-order valence-electron chi connectivity index (χ3n) is 3.74. The summed E-state index contributed by atoms with van der Waals surface area (Å²) < 4.78 is 10.3. The van der Waals surface area contributed by atoms with Gasteiger partial charge in [-0.2, -0.15) is 0 Å². The van der Waals surface area contributed by atoms with Crippen LogP contribution in [-0.4, -0.2) is 25.6 Å². The smallest absolute Gasteiger partial charge is 0.337 e. The van der Waals surface area contributed by atoms with Crippen LogP contribution in [0, 0.1) is 13.8 Å². The van der Waals surface area contributed by atoms with Crippen molar-refractivity contribution >= 4 is 17.6 Å². The van der Waals surface area contributed by atoms with Crippen molar-refractivity contribution in [2.45, 2.75) is 26.7 Å². The van der Waals surface area contributed by atoms with E-state index in [2.05, 4.69) is 5.32 Å². The molecule has 1 amide bonds. The Morgan fingerprint density at radius 2 is 1.88 bits per heavy atom. The van der Waals surface area contributed by atoms with E-state index in [0.717, 1.165) is 16.9 Å². The van der Waals surface area contributed by atoms with Gasteiger partial charge in [0, 0.05) is 12.1 Å². The third kappa shape index (κ3) is 5.64. The van der Waals surface area contributed by atoms with E-state index in [-0.39, 0.29) is 5.91 Å². The van der Waals surface area contributed by atoms with E-state index in [4.69, 9.17) is 9.47 Å². The average Bonchev–Trinajstić information content (AvgIpc) is 2.60. The molecule has 0 aromatic heterocycles. The van der Waals surface area contributed by atoms with Crippen LogP contribution in [0.4, 0.5) is 5.69 Å². The number of ether oxygens (including phenoxy) is 2. The molecule has 0 atom stereocenters. The largest absolute Gasteiger partial charge is 0.494 e. The molecule has 0 aliphatic carbocycles. The van der Waals surface area contributed by atoms with Gasteiger partial charge in [-0.05, 0) is 55.7 Å². The minimum atomic E-state index is -0.429. The van der Waals surface area contributed by atoms with Gasteiger partial charge in [0.05, 0.1) is 19.3 Å². The molecule has 132 valence electrons. The first-order valence-electron chi connectivity index (χ1n) is 8.18. The fraction of sp³-hybridized carbons (Fsp3) is 0.300. The number of carbonyl (C=O) groups excluding carboxylic acids is 2. The number of carbonyl (C=O) groups is 2. The molecule has 0 unspecified atom stereocenters. The van der Waals surface area contributed by atoms with Crippen molar-refractivity contribution in [3.05, 3.63) is 59.2 Å². The second kappa shape index (κ2) is 8.87. The summed E-state index contributed by atoms with van der Waals surface area (Å²) in [5.41, 5.74) is 3.05. The molecule has 1 N–H and O–H groups in total. The van der Waals surface area contributed by atoms with Gasteiger partial charge >= 0.3 is 5.97 Å². The minimum absolute atomic E-state index is 0.113. The number of hydrogen-bond acceptors (Lipinski definition) is 4. The number of hydrogen-bond donors (Lipinski definition) is 1. The van der Waals surface area contributed by atoms with E-state index in [9.17, 15) is 9.59 Å². The summed E-state index contributed by atoms with van der Waals surface area (Å²) in [5, 5.41) is 2.84. The van der Waals surface area contributed by atoms with Crippen molar-refractivity contribution in [1.82, 2.24) is 0 Å². The lowest BCUT2D eigenvalue weighted by atomic mass is 10.1. The highest BCUT2D eigenvalue weighted by molar-refractivity contribution is 5.95. The van der Waals surface area contributed by atoms with Crippen molar-refractivity contribution in [3.8, 4) is 5.75 Å². The van der Waals surface area contributed by atoms with Gasteiger partial charge in [0.15, 0.2) is 0 Å². The molecular weight excluding hydrogens is 318 g/mol. The first-order chi connectivity index (χ1) is 12.0. The summed E-state index contributed by atoms with van der Waals surface area (Å²) in [6.07, 6.45) is 0.948. The SMILES string of the molecule is COC(=O)c1ccc(C)c(NC(=O)CCCOc2cccc(C)c2)c1. The molecule has 2 aromatic carbocycles. The zero-order chi connectivity index (χ0) is 18.2. The predicted octanol–water partition coefficient (Wildman–Crippen LogP) is 3.89. The van der Waals surface area contributed by atoms with Gasteiger partial charge in [0.25, 0.3) is 0 Å². The summed E-state index contributed by atoms with van der Waals surface area (Å²) in [7, 11) is 1.33. The lowest BCUT2D eigenvalue weighted by Gasteiger charge is -2.10. The molecule has 5 heteroatoms. The number of esters is 1. The Balaban J connectivity index is 1.83. The van der Waals surface area contributed by atoms with Crippen molar-refractivity contribution < 1.29 is 19.1 Å². The lowest BCUT2D eigenvalue weighted by molar-refractivity contribution is -0.116. The van der Waals surface area contributed by atoms with Crippen LogP contribution in [-0.2, 0) is 9.53 Å². The van der Waals surface area contributed by atoms with Gasteiger partial charge in [0.2, 0.25) is 5.91 Å². The number of nitrogens with one attached hydrogen (secondary N) is 1. The fourth-order valence-electron chi connectivity index (χ4n) is 2.34. The molecule has 0 saturated carbocycles. The van der Waals surface area contributed by atoms with E-state index in [0.29, 0.717) is 30.7 Å². The molecule has 0 aliphatic heterocycles. The molecule has 0 radical (unpaired) electrons. The topological polar surface area (TPSA) is 64.6 Å². The molecule has 0 bridgehead atoms. The summed E-state index contributed by atoms with van der Waals surface area (Å²) in [4.78, 5) is 23.7. The van der Waals surface area contributed by atoms with E-state index in [1.807, 2.05) is 38.1 Å². The highest BCUT2D eigenvalue weighted by Crippen LogP contribution is 2.18. The maximum Gasteiger partial charge on any atom is 0.337 e. The highest BCUT2D eigenvalue weighted by atomic mass is 16.5. The van der Waals surface area contributed by atoms with Crippen LogP contribution >= 0.6 is 0 Å². The van der Waals surface area contributed by atoms with E-state index in [1.165, 1.54) is 7.11 Å². The first-order valence-corrected chi connectivity index (χ1v) is 8.18. The molecule has 0 fully saturated rings. The number of aryl methyl sites for hydroxylation is 2. The number of rotatable bonds is 7. The Morgan fingerprint density at radius 1 is 1.08 bits per heavy atom. The number of amides is 1. The molecule has 0 aliphatic rings. The highest BCUT2D eigenvalue weighted by Gasteiger charge is 2.10. The van der Waals surface area contributed by atoms with Crippen LogP contribution < -0.4 is 10.1 Å². The summed E-state index contributed by atoms with van der Waals surface area (Å²) >= 11 is 0. The summed E-state index contributed by atoms with van der Waals surface area (Å²) in [6.45, 7) is 4.35. The van der Waals surface area contributed by atoms with Crippen molar-refractivity contribution in [3.63, 3.8) is 0 Å². The molecule has 0 spiro atoms. The van der Waals surface area contributed by atoms with Gasteiger partial charge in [0.1, 0.15) is 5.75 Å². The van der Waals surface area contributed by atoms with Crippen LogP contribution in [0.1, 0.15) is 34.3 Å². The van der Waals surface area contributed by atoms with Crippen LogP contribution in [0.25, 0.3) is 0 Å². The Labute approximate surface area is 148 Å². The normalized spacial score (nSPS) is 10.2. The molecule has 0 heterocycles. The zero-order valence-electron chi connectivity index (χ0n) is 14.8. The Kier molecular flexibility index (Phi) is 6.57. The fourth-order valence-corrected chi connectivity index (χ4v) is 2.34. The summed E-state index contributed by atoms with van der Waals surface area (Å²) in [6, 6.07) is 12.9. The van der Waals surface area contributed by atoms with Gasteiger partial charge in [-0.25, -0.2) is 4.79 Å². The van der Waals surface area contributed by atoms with Gasteiger partial charge in [-0.1, -0.05) is 18.2 Å².